The van der Waals surface area contributed by atoms with Crippen molar-refractivity contribution in [1.29, 1.82) is 0 Å². The van der Waals surface area contributed by atoms with Crippen molar-refractivity contribution in [2.45, 2.75) is 18.7 Å². The van der Waals surface area contributed by atoms with E-state index in [0.717, 1.165) is 16.2 Å². The highest BCUT2D eigenvalue weighted by molar-refractivity contribution is 7.91. The number of benzene rings is 2. The van der Waals surface area contributed by atoms with Crippen molar-refractivity contribution in [3.8, 4) is 0 Å². The molecule has 166 valence electrons. The molecule has 0 saturated heterocycles. The van der Waals surface area contributed by atoms with Gasteiger partial charge in [0.2, 0.25) is 11.8 Å². The average molecular weight is 474 g/mol. The molecule has 0 unspecified atom stereocenters. The van der Waals surface area contributed by atoms with Crippen LogP contribution in [0.3, 0.4) is 0 Å². The molecular weight excluding hydrogens is 453 g/mol. The van der Waals surface area contributed by atoms with E-state index >= 15 is 0 Å². The molecular formula is C22H20FN3O4S2. The number of nitrogens with zero attached hydrogens (tertiary/aromatic N) is 2. The highest BCUT2D eigenvalue weighted by atomic mass is 32.2. The fraction of sp³-hybridized carbons (Fsp3) is 0.136. The van der Waals surface area contributed by atoms with Gasteiger partial charge in [0.05, 0.1) is 27.7 Å². The number of aromatic nitrogens is 1. The number of sulfone groups is 1. The topological polar surface area (TPSA) is 96.4 Å². The molecule has 2 amide bonds. The predicted octanol–water partition coefficient (Wildman–Crippen LogP) is 4.41. The first-order chi connectivity index (χ1) is 15.2. The first kappa shape index (κ1) is 23.3. The van der Waals surface area contributed by atoms with Crippen LogP contribution in [0.1, 0.15) is 19.5 Å². The minimum Gasteiger partial charge on any atom is -0.321 e. The molecule has 3 aromatic rings. The summed E-state index contributed by atoms with van der Waals surface area (Å²) in [4.78, 5) is 29.9. The molecule has 10 heteroatoms. The normalized spacial score (nSPS) is 11.5. The fourth-order valence-corrected chi connectivity index (χ4v) is 4.73. The van der Waals surface area contributed by atoms with E-state index in [4.69, 9.17) is 0 Å². The van der Waals surface area contributed by atoms with Crippen molar-refractivity contribution in [3.63, 3.8) is 0 Å². The van der Waals surface area contributed by atoms with Gasteiger partial charge >= 0.3 is 0 Å². The second-order valence-corrected chi connectivity index (χ2v) is 9.67. The summed E-state index contributed by atoms with van der Waals surface area (Å²) >= 11 is 1.12. The molecule has 32 heavy (non-hydrogen) atoms. The molecule has 1 aromatic heterocycles. The molecule has 1 heterocycles. The van der Waals surface area contributed by atoms with Crippen molar-refractivity contribution in [2.75, 3.05) is 16.0 Å². The van der Waals surface area contributed by atoms with Crippen molar-refractivity contribution in [3.05, 3.63) is 71.5 Å². The Morgan fingerprint density at radius 1 is 1.16 bits per heavy atom. The van der Waals surface area contributed by atoms with Gasteiger partial charge < -0.3 is 5.32 Å². The molecule has 0 fully saturated rings. The lowest BCUT2D eigenvalue weighted by Gasteiger charge is -2.18. The number of hydrogen-bond donors (Lipinski definition) is 1. The Balaban J connectivity index is 1.79. The van der Waals surface area contributed by atoms with E-state index in [1.807, 2.05) is 0 Å². The Bertz CT molecular complexity index is 1290. The third-order valence-corrected chi connectivity index (χ3v) is 7.01. The number of anilines is 3. The molecule has 0 radical (unpaired) electrons. The third-order valence-electron chi connectivity index (χ3n) is 4.37. The average Bonchev–Trinajstić information content (AvgIpc) is 3.22. The lowest BCUT2D eigenvalue weighted by Crippen LogP contribution is -2.23. The minimum atomic E-state index is -3.50. The van der Waals surface area contributed by atoms with E-state index < -0.39 is 27.5 Å². The molecule has 0 aliphatic carbocycles. The van der Waals surface area contributed by atoms with E-state index in [1.54, 1.807) is 23.6 Å². The van der Waals surface area contributed by atoms with Crippen LogP contribution in [0, 0.1) is 5.82 Å². The predicted molar refractivity (Wildman–Crippen MR) is 123 cm³/mol. The van der Waals surface area contributed by atoms with E-state index in [0.29, 0.717) is 5.69 Å². The fourth-order valence-electron chi connectivity index (χ4n) is 2.83. The largest absolute Gasteiger partial charge is 0.321 e. The van der Waals surface area contributed by atoms with E-state index in [2.05, 4.69) is 10.3 Å². The van der Waals surface area contributed by atoms with E-state index in [9.17, 15) is 22.4 Å². The highest BCUT2D eigenvalue weighted by Crippen LogP contribution is 2.31. The third kappa shape index (κ3) is 5.27. The van der Waals surface area contributed by atoms with Crippen LogP contribution in [0.4, 0.5) is 20.9 Å². The molecule has 0 saturated carbocycles. The summed E-state index contributed by atoms with van der Waals surface area (Å²) in [5.41, 5.74) is 0.652. The number of carbonyl (C=O) groups excluding carboxylic acids is 2. The summed E-state index contributed by atoms with van der Waals surface area (Å²) in [7, 11) is -3.50. The van der Waals surface area contributed by atoms with E-state index in [-0.39, 0.29) is 27.2 Å². The van der Waals surface area contributed by atoms with E-state index in [1.165, 1.54) is 56.3 Å². The summed E-state index contributed by atoms with van der Waals surface area (Å²) in [5.74, 6) is -1.61. The Hall–Kier alpha value is -3.37. The number of rotatable bonds is 7. The Kier molecular flexibility index (Phi) is 7.16. The zero-order valence-electron chi connectivity index (χ0n) is 17.3. The zero-order valence-corrected chi connectivity index (χ0v) is 18.9. The van der Waals surface area contributed by atoms with Crippen LogP contribution in [-0.2, 0) is 19.4 Å². The second kappa shape index (κ2) is 9.84. The zero-order chi connectivity index (χ0) is 23.3. The van der Waals surface area contributed by atoms with Crippen LogP contribution in [0.15, 0.2) is 64.9 Å². The van der Waals surface area contributed by atoms with Crippen molar-refractivity contribution >= 4 is 55.6 Å². The molecule has 0 aliphatic heterocycles. The minimum absolute atomic E-state index is 0.0437. The monoisotopic (exact) mass is 473 g/mol. The van der Waals surface area contributed by atoms with Gasteiger partial charge in [0.25, 0.3) is 0 Å². The number of nitrogens with one attached hydrogen (secondary N) is 1. The van der Waals surface area contributed by atoms with Crippen LogP contribution in [-0.4, -0.2) is 31.0 Å². The first-order valence-electron chi connectivity index (χ1n) is 9.54. The van der Waals surface area contributed by atoms with Crippen LogP contribution in [0.5, 0.6) is 0 Å². The van der Waals surface area contributed by atoms with Gasteiger partial charge in [-0.1, -0.05) is 31.2 Å². The summed E-state index contributed by atoms with van der Waals surface area (Å²) in [5, 5.41) is 4.43. The Morgan fingerprint density at radius 3 is 2.53 bits per heavy atom. The summed E-state index contributed by atoms with van der Waals surface area (Å²) in [6.07, 6.45) is 2.63. The Labute approximate surface area is 189 Å². The highest BCUT2D eigenvalue weighted by Gasteiger charge is 2.21. The van der Waals surface area contributed by atoms with Crippen LogP contribution in [0.25, 0.3) is 6.08 Å². The second-order valence-electron chi connectivity index (χ2n) is 6.58. The Morgan fingerprint density at radius 2 is 1.84 bits per heavy atom. The molecule has 0 atom stereocenters. The van der Waals surface area contributed by atoms with Gasteiger partial charge in [0.1, 0.15) is 5.82 Å². The number of halogens is 1. The molecule has 2 aromatic carbocycles. The first-order valence-corrected chi connectivity index (χ1v) is 12.1. The maximum Gasteiger partial charge on any atom is 0.248 e. The molecule has 0 spiro atoms. The van der Waals surface area contributed by atoms with Crippen LogP contribution in [0.2, 0.25) is 0 Å². The van der Waals surface area contributed by atoms with Crippen LogP contribution >= 0.6 is 11.3 Å². The molecule has 7 nitrogen and oxygen atoms in total. The van der Waals surface area contributed by atoms with Gasteiger partial charge in [-0.2, -0.15) is 0 Å². The quantitative estimate of drug-likeness (QED) is 0.513. The van der Waals surface area contributed by atoms with Gasteiger partial charge in [-0.05, 0) is 30.3 Å². The standard InChI is InChI=1S/C22H20FN3O4S2/c1-3-32(29,30)20-11-7-5-9-18(20)25-21(28)13-12-16-14-31-22(24-16)26(15(2)27)19-10-6-4-8-17(19)23/h4-14H,3H2,1-2H3,(H,25,28)/b13-12+. The summed E-state index contributed by atoms with van der Waals surface area (Å²) < 4.78 is 38.6. The smallest absolute Gasteiger partial charge is 0.248 e. The maximum absolute atomic E-state index is 14.2. The molecule has 1 N–H and O–H groups in total. The van der Waals surface area contributed by atoms with Gasteiger partial charge in [-0.15, -0.1) is 11.3 Å². The van der Waals surface area contributed by atoms with Crippen molar-refractivity contribution < 1.29 is 22.4 Å². The van der Waals surface area contributed by atoms with Crippen molar-refractivity contribution in [2.24, 2.45) is 0 Å². The van der Waals surface area contributed by atoms with Gasteiger partial charge in [0, 0.05) is 18.4 Å². The number of carbonyl (C=O) groups is 2. The number of amides is 2. The molecule has 0 aliphatic rings. The number of hydrogen-bond acceptors (Lipinski definition) is 6. The van der Waals surface area contributed by atoms with Crippen LogP contribution < -0.4 is 10.2 Å². The van der Waals surface area contributed by atoms with Gasteiger partial charge in [-0.3, -0.25) is 14.5 Å². The number of thiazole rings is 1. The molecule has 0 bridgehead atoms. The SMILES string of the molecule is CCS(=O)(=O)c1ccccc1NC(=O)/C=C/c1csc(N(C(C)=O)c2ccccc2F)n1. The van der Waals surface area contributed by atoms with Gasteiger partial charge in [-0.25, -0.2) is 17.8 Å². The number of para-hydroxylation sites is 2. The lowest BCUT2D eigenvalue weighted by atomic mass is 10.3. The lowest BCUT2D eigenvalue weighted by molar-refractivity contribution is -0.116. The summed E-state index contributed by atoms with van der Waals surface area (Å²) in [6.45, 7) is 2.83. The molecule has 3 rings (SSSR count). The van der Waals surface area contributed by atoms with Crippen molar-refractivity contribution in [1.82, 2.24) is 4.98 Å². The maximum atomic E-state index is 14.2. The van der Waals surface area contributed by atoms with Gasteiger partial charge in [0.15, 0.2) is 15.0 Å². The summed E-state index contributed by atoms with van der Waals surface area (Å²) in [6, 6.07) is 12.0.